The van der Waals surface area contributed by atoms with Crippen LogP contribution in [0.3, 0.4) is 0 Å². The van der Waals surface area contributed by atoms with Crippen LogP contribution in [0.5, 0.6) is 0 Å². The first-order valence-electron chi connectivity index (χ1n) is 5.05. The second kappa shape index (κ2) is 5.68. The van der Waals surface area contributed by atoms with E-state index in [9.17, 15) is 8.42 Å². The van der Waals surface area contributed by atoms with Crippen LogP contribution < -0.4 is 10.0 Å². The molecule has 0 bridgehead atoms. The fourth-order valence-corrected chi connectivity index (χ4v) is 2.43. The highest BCUT2D eigenvalue weighted by Crippen LogP contribution is 2.08. The average molecular weight is 222 g/mol. The van der Waals surface area contributed by atoms with Crippen LogP contribution in [0.4, 0.5) is 0 Å². The number of rotatable bonds is 7. The Morgan fingerprint density at radius 3 is 2.21 bits per heavy atom. The van der Waals surface area contributed by atoms with Crippen molar-refractivity contribution in [2.75, 3.05) is 18.8 Å². The molecule has 4 nitrogen and oxygen atoms in total. The van der Waals surface area contributed by atoms with E-state index in [1.54, 1.807) is 0 Å². The van der Waals surface area contributed by atoms with Crippen LogP contribution in [0.2, 0.25) is 0 Å². The van der Waals surface area contributed by atoms with E-state index in [1.165, 1.54) is 0 Å². The SMILES string of the molecule is CCNCCS(=O)(=O)NC(C)(C)CC. The van der Waals surface area contributed by atoms with Gasteiger partial charge in [-0.05, 0) is 26.8 Å². The first kappa shape index (κ1) is 13.9. The largest absolute Gasteiger partial charge is 0.316 e. The fourth-order valence-electron chi connectivity index (χ4n) is 0.927. The normalized spacial score (nSPS) is 13.1. The molecule has 0 unspecified atom stereocenters. The highest BCUT2D eigenvalue weighted by Gasteiger charge is 2.22. The van der Waals surface area contributed by atoms with Crippen LogP contribution in [0.15, 0.2) is 0 Å². The summed E-state index contributed by atoms with van der Waals surface area (Å²) < 4.78 is 25.7. The standard InChI is InChI=1S/C9H22N2O2S/c1-5-9(3,4)11-14(12,13)8-7-10-6-2/h10-11H,5-8H2,1-4H3. The molecular formula is C9H22N2O2S. The molecule has 0 aromatic carbocycles. The Balaban J connectivity index is 4.08. The van der Waals surface area contributed by atoms with E-state index in [0.717, 1.165) is 13.0 Å². The van der Waals surface area contributed by atoms with Crippen molar-refractivity contribution in [2.24, 2.45) is 0 Å². The van der Waals surface area contributed by atoms with Gasteiger partial charge in [-0.3, -0.25) is 0 Å². The fraction of sp³-hybridized carbons (Fsp3) is 1.00. The van der Waals surface area contributed by atoms with Gasteiger partial charge in [0, 0.05) is 12.1 Å². The lowest BCUT2D eigenvalue weighted by Crippen LogP contribution is -2.45. The quantitative estimate of drug-likeness (QED) is 0.624. The molecule has 0 heterocycles. The zero-order chi connectivity index (χ0) is 11.2. The molecule has 0 aromatic rings. The molecule has 0 radical (unpaired) electrons. The Labute approximate surface area is 87.5 Å². The summed E-state index contributed by atoms with van der Waals surface area (Å²) in [5.41, 5.74) is -0.342. The molecule has 0 aliphatic heterocycles. The number of nitrogens with one attached hydrogen (secondary N) is 2. The summed E-state index contributed by atoms with van der Waals surface area (Å²) in [6, 6.07) is 0. The monoisotopic (exact) mass is 222 g/mol. The van der Waals surface area contributed by atoms with Crippen molar-refractivity contribution in [3.05, 3.63) is 0 Å². The Morgan fingerprint density at radius 1 is 1.21 bits per heavy atom. The molecular weight excluding hydrogens is 200 g/mol. The van der Waals surface area contributed by atoms with Gasteiger partial charge in [-0.2, -0.15) is 0 Å². The average Bonchev–Trinajstić information content (AvgIpc) is 2.03. The van der Waals surface area contributed by atoms with E-state index < -0.39 is 10.0 Å². The predicted molar refractivity (Wildman–Crippen MR) is 59.8 cm³/mol. The predicted octanol–water partition coefficient (Wildman–Crippen LogP) is 0.704. The lowest BCUT2D eigenvalue weighted by molar-refractivity contribution is 0.439. The summed E-state index contributed by atoms with van der Waals surface area (Å²) in [7, 11) is -3.14. The van der Waals surface area contributed by atoms with E-state index in [0.29, 0.717) is 6.54 Å². The molecule has 0 saturated carbocycles. The summed E-state index contributed by atoms with van der Waals surface area (Å²) in [6.45, 7) is 9.00. The Kier molecular flexibility index (Phi) is 5.63. The van der Waals surface area contributed by atoms with E-state index in [4.69, 9.17) is 0 Å². The summed E-state index contributed by atoms with van der Waals surface area (Å²) in [4.78, 5) is 0. The zero-order valence-electron chi connectivity index (χ0n) is 9.55. The minimum Gasteiger partial charge on any atom is -0.316 e. The van der Waals surface area contributed by atoms with Crippen molar-refractivity contribution in [1.29, 1.82) is 0 Å². The number of hydrogen-bond donors (Lipinski definition) is 2. The summed E-state index contributed by atoms with van der Waals surface area (Å²) in [6.07, 6.45) is 0.785. The summed E-state index contributed by atoms with van der Waals surface area (Å²) in [5.74, 6) is 0.143. The molecule has 0 atom stereocenters. The Hall–Kier alpha value is -0.130. The highest BCUT2D eigenvalue weighted by atomic mass is 32.2. The van der Waals surface area contributed by atoms with Gasteiger partial charge in [0.15, 0.2) is 0 Å². The lowest BCUT2D eigenvalue weighted by Gasteiger charge is -2.24. The molecule has 0 saturated heterocycles. The Bertz CT molecular complexity index is 248. The second-order valence-electron chi connectivity index (χ2n) is 4.01. The van der Waals surface area contributed by atoms with Crippen LogP contribution in [-0.2, 0) is 10.0 Å². The van der Waals surface area contributed by atoms with Crippen molar-refractivity contribution in [1.82, 2.24) is 10.0 Å². The first-order chi connectivity index (χ1) is 6.33. The topological polar surface area (TPSA) is 58.2 Å². The third-order valence-corrected chi connectivity index (χ3v) is 3.72. The van der Waals surface area contributed by atoms with Gasteiger partial charge in [0.05, 0.1) is 5.75 Å². The van der Waals surface area contributed by atoms with Gasteiger partial charge in [-0.25, -0.2) is 13.1 Å². The van der Waals surface area contributed by atoms with Crippen LogP contribution in [0.25, 0.3) is 0 Å². The summed E-state index contributed by atoms with van der Waals surface area (Å²) >= 11 is 0. The van der Waals surface area contributed by atoms with Gasteiger partial charge < -0.3 is 5.32 Å². The second-order valence-corrected chi connectivity index (χ2v) is 5.85. The molecule has 0 aliphatic rings. The molecule has 14 heavy (non-hydrogen) atoms. The summed E-state index contributed by atoms with van der Waals surface area (Å²) in [5, 5.41) is 2.99. The highest BCUT2D eigenvalue weighted by molar-refractivity contribution is 7.89. The molecule has 0 spiro atoms. The maximum absolute atomic E-state index is 11.5. The zero-order valence-corrected chi connectivity index (χ0v) is 10.4. The number of sulfonamides is 1. The smallest absolute Gasteiger partial charge is 0.213 e. The minimum atomic E-state index is -3.14. The van der Waals surface area contributed by atoms with Crippen LogP contribution in [-0.4, -0.2) is 32.8 Å². The molecule has 0 aliphatic carbocycles. The first-order valence-corrected chi connectivity index (χ1v) is 6.70. The van der Waals surface area contributed by atoms with Gasteiger partial charge in [-0.1, -0.05) is 13.8 Å². The molecule has 2 N–H and O–H groups in total. The van der Waals surface area contributed by atoms with Crippen molar-refractivity contribution in [3.63, 3.8) is 0 Å². The third kappa shape index (κ3) is 6.34. The van der Waals surface area contributed by atoms with Crippen molar-refractivity contribution in [2.45, 2.75) is 39.7 Å². The molecule has 0 rings (SSSR count). The molecule has 0 fully saturated rings. The molecule has 5 heteroatoms. The lowest BCUT2D eigenvalue weighted by atomic mass is 10.0. The Morgan fingerprint density at radius 2 is 1.79 bits per heavy atom. The van der Waals surface area contributed by atoms with E-state index in [-0.39, 0.29) is 11.3 Å². The van der Waals surface area contributed by atoms with Crippen molar-refractivity contribution >= 4 is 10.0 Å². The van der Waals surface area contributed by atoms with Crippen molar-refractivity contribution in [3.8, 4) is 0 Å². The van der Waals surface area contributed by atoms with Gasteiger partial charge in [0.2, 0.25) is 10.0 Å². The van der Waals surface area contributed by atoms with Crippen LogP contribution in [0.1, 0.15) is 34.1 Å². The minimum absolute atomic E-state index is 0.143. The van der Waals surface area contributed by atoms with E-state index in [1.807, 2.05) is 27.7 Å². The van der Waals surface area contributed by atoms with E-state index in [2.05, 4.69) is 10.0 Å². The van der Waals surface area contributed by atoms with Gasteiger partial charge in [0.25, 0.3) is 0 Å². The van der Waals surface area contributed by atoms with Gasteiger partial charge in [-0.15, -0.1) is 0 Å². The number of hydrogen-bond acceptors (Lipinski definition) is 3. The van der Waals surface area contributed by atoms with E-state index >= 15 is 0 Å². The molecule has 86 valence electrons. The molecule has 0 amide bonds. The van der Waals surface area contributed by atoms with Crippen LogP contribution in [0, 0.1) is 0 Å². The third-order valence-electron chi connectivity index (χ3n) is 2.11. The maximum Gasteiger partial charge on any atom is 0.213 e. The van der Waals surface area contributed by atoms with Gasteiger partial charge >= 0.3 is 0 Å². The van der Waals surface area contributed by atoms with Gasteiger partial charge in [0.1, 0.15) is 0 Å². The van der Waals surface area contributed by atoms with Crippen LogP contribution >= 0.6 is 0 Å². The maximum atomic E-state index is 11.5. The van der Waals surface area contributed by atoms with Crippen molar-refractivity contribution < 1.29 is 8.42 Å². The molecule has 0 aromatic heterocycles.